The first kappa shape index (κ1) is 13.3. The molecule has 0 fully saturated rings. The van der Waals surface area contributed by atoms with Crippen LogP contribution in [0.2, 0.25) is 0 Å². The van der Waals surface area contributed by atoms with Crippen LogP contribution in [0.15, 0.2) is 48.5 Å². The number of rotatable bonds is 5. The fourth-order valence-corrected chi connectivity index (χ4v) is 1.81. The zero-order valence-electron chi connectivity index (χ0n) is 10.6. The molecule has 2 aromatic rings. The van der Waals surface area contributed by atoms with Crippen LogP contribution in [0.25, 0.3) is 0 Å². The maximum Gasteiger partial charge on any atom is 0.123 e. The van der Waals surface area contributed by atoms with Gasteiger partial charge in [0.2, 0.25) is 0 Å². The molecule has 0 aromatic heterocycles. The lowest BCUT2D eigenvalue weighted by Crippen LogP contribution is -2.16. The van der Waals surface area contributed by atoms with Crippen molar-refractivity contribution in [1.29, 1.82) is 5.26 Å². The molecule has 0 amide bonds. The summed E-state index contributed by atoms with van der Waals surface area (Å²) in [5, 5.41) is 12.0. The van der Waals surface area contributed by atoms with Gasteiger partial charge in [-0.25, -0.2) is 4.39 Å². The average Bonchev–Trinajstić information content (AvgIpc) is 2.46. The van der Waals surface area contributed by atoms with Crippen molar-refractivity contribution in [2.75, 3.05) is 6.54 Å². The molecule has 96 valence electrons. The van der Waals surface area contributed by atoms with Gasteiger partial charge in [-0.15, -0.1) is 0 Å². The molecule has 0 spiro atoms. The number of nitrogens with one attached hydrogen (secondary N) is 1. The fourth-order valence-electron chi connectivity index (χ4n) is 1.81. The minimum absolute atomic E-state index is 0.200. The molecule has 2 nitrogen and oxygen atoms in total. The third-order valence-electron chi connectivity index (χ3n) is 2.92. The summed E-state index contributed by atoms with van der Waals surface area (Å²) in [7, 11) is 0. The smallest absolute Gasteiger partial charge is 0.123 e. The summed E-state index contributed by atoms with van der Waals surface area (Å²) >= 11 is 0. The van der Waals surface area contributed by atoms with E-state index in [9.17, 15) is 4.39 Å². The van der Waals surface area contributed by atoms with Crippen molar-refractivity contribution in [2.45, 2.75) is 13.0 Å². The van der Waals surface area contributed by atoms with E-state index in [0.29, 0.717) is 5.56 Å². The first-order valence-electron chi connectivity index (χ1n) is 6.22. The summed E-state index contributed by atoms with van der Waals surface area (Å²) < 4.78 is 12.7. The molecule has 0 atom stereocenters. The Morgan fingerprint density at radius 3 is 2.21 bits per heavy atom. The van der Waals surface area contributed by atoms with E-state index in [1.807, 2.05) is 24.3 Å². The van der Waals surface area contributed by atoms with Gasteiger partial charge in [-0.2, -0.15) is 5.26 Å². The second-order valence-electron chi connectivity index (χ2n) is 4.36. The Hall–Kier alpha value is -2.18. The fraction of sp³-hybridized carbons (Fsp3) is 0.188. The van der Waals surface area contributed by atoms with E-state index in [-0.39, 0.29) is 5.82 Å². The Balaban J connectivity index is 1.74. The zero-order valence-corrected chi connectivity index (χ0v) is 10.6. The molecule has 0 aliphatic rings. The molecule has 3 heteroatoms. The van der Waals surface area contributed by atoms with Gasteiger partial charge in [0.25, 0.3) is 0 Å². The van der Waals surface area contributed by atoms with Crippen molar-refractivity contribution in [3.05, 3.63) is 71.0 Å². The van der Waals surface area contributed by atoms with E-state index in [1.165, 1.54) is 12.1 Å². The summed E-state index contributed by atoms with van der Waals surface area (Å²) in [6.45, 7) is 1.61. The van der Waals surface area contributed by atoms with Gasteiger partial charge in [-0.05, 0) is 48.4 Å². The van der Waals surface area contributed by atoms with Crippen LogP contribution in [0.1, 0.15) is 16.7 Å². The predicted octanol–water partition coefficient (Wildman–Crippen LogP) is 3.03. The van der Waals surface area contributed by atoms with E-state index in [0.717, 1.165) is 30.6 Å². The first-order valence-corrected chi connectivity index (χ1v) is 6.22. The highest BCUT2D eigenvalue weighted by atomic mass is 19.1. The predicted molar refractivity (Wildman–Crippen MR) is 73.0 cm³/mol. The van der Waals surface area contributed by atoms with Crippen molar-refractivity contribution < 1.29 is 4.39 Å². The number of benzene rings is 2. The monoisotopic (exact) mass is 254 g/mol. The van der Waals surface area contributed by atoms with Crippen LogP contribution in [0, 0.1) is 17.1 Å². The molecular formula is C16H15FN2. The van der Waals surface area contributed by atoms with Gasteiger partial charge < -0.3 is 5.32 Å². The standard InChI is InChI=1S/C16H15FN2/c17-16-7-5-13(6-8-16)9-10-19-12-15-3-1-14(11-18)2-4-15/h1-8,19H,9-10,12H2. The summed E-state index contributed by atoms with van der Waals surface area (Å²) in [4.78, 5) is 0. The van der Waals surface area contributed by atoms with Gasteiger partial charge in [0, 0.05) is 6.54 Å². The zero-order chi connectivity index (χ0) is 13.5. The highest BCUT2D eigenvalue weighted by Crippen LogP contribution is 2.04. The quantitative estimate of drug-likeness (QED) is 0.832. The largest absolute Gasteiger partial charge is 0.312 e. The van der Waals surface area contributed by atoms with E-state index in [2.05, 4.69) is 11.4 Å². The van der Waals surface area contributed by atoms with Crippen LogP contribution in [0.4, 0.5) is 4.39 Å². The molecule has 0 heterocycles. The van der Waals surface area contributed by atoms with E-state index < -0.39 is 0 Å². The minimum atomic E-state index is -0.200. The average molecular weight is 254 g/mol. The van der Waals surface area contributed by atoms with Gasteiger partial charge in [-0.1, -0.05) is 24.3 Å². The number of nitrogens with zero attached hydrogens (tertiary/aromatic N) is 1. The second-order valence-corrected chi connectivity index (χ2v) is 4.36. The Labute approximate surface area is 112 Å². The number of hydrogen-bond donors (Lipinski definition) is 1. The first-order chi connectivity index (χ1) is 9.28. The third kappa shape index (κ3) is 4.20. The van der Waals surface area contributed by atoms with Crippen molar-refractivity contribution in [1.82, 2.24) is 5.32 Å². The number of nitriles is 1. The lowest BCUT2D eigenvalue weighted by atomic mass is 10.1. The lowest BCUT2D eigenvalue weighted by molar-refractivity contribution is 0.626. The van der Waals surface area contributed by atoms with Crippen molar-refractivity contribution >= 4 is 0 Å². The highest BCUT2D eigenvalue weighted by molar-refractivity contribution is 5.31. The Morgan fingerprint density at radius 2 is 1.58 bits per heavy atom. The van der Waals surface area contributed by atoms with Gasteiger partial charge in [0.1, 0.15) is 5.82 Å². The van der Waals surface area contributed by atoms with Crippen LogP contribution in [-0.2, 0) is 13.0 Å². The normalized spacial score (nSPS) is 10.1. The highest BCUT2D eigenvalue weighted by Gasteiger charge is 1.96. The van der Waals surface area contributed by atoms with Crippen LogP contribution >= 0.6 is 0 Å². The maximum absolute atomic E-state index is 12.7. The minimum Gasteiger partial charge on any atom is -0.312 e. The molecule has 0 bridgehead atoms. The molecule has 2 aromatic carbocycles. The molecule has 1 N–H and O–H groups in total. The lowest BCUT2D eigenvalue weighted by Gasteiger charge is -2.05. The Kier molecular flexibility index (Phi) is 4.66. The second kappa shape index (κ2) is 6.67. The molecule has 0 unspecified atom stereocenters. The molecule has 0 saturated heterocycles. The molecule has 2 rings (SSSR count). The Bertz CT molecular complexity index is 553. The molecule has 19 heavy (non-hydrogen) atoms. The van der Waals surface area contributed by atoms with Gasteiger partial charge in [0.15, 0.2) is 0 Å². The molecular weight excluding hydrogens is 239 g/mol. The van der Waals surface area contributed by atoms with Crippen LogP contribution in [-0.4, -0.2) is 6.54 Å². The number of hydrogen-bond acceptors (Lipinski definition) is 2. The van der Waals surface area contributed by atoms with Crippen LogP contribution in [0.5, 0.6) is 0 Å². The van der Waals surface area contributed by atoms with Crippen molar-refractivity contribution in [3.63, 3.8) is 0 Å². The summed E-state index contributed by atoms with van der Waals surface area (Å²) in [5.74, 6) is -0.200. The van der Waals surface area contributed by atoms with E-state index in [4.69, 9.17) is 5.26 Å². The van der Waals surface area contributed by atoms with Crippen LogP contribution < -0.4 is 5.32 Å². The maximum atomic E-state index is 12.7. The Morgan fingerprint density at radius 1 is 0.947 bits per heavy atom. The molecule has 0 saturated carbocycles. The summed E-state index contributed by atoms with van der Waals surface area (Å²) in [5.41, 5.74) is 2.95. The molecule has 0 aliphatic carbocycles. The van der Waals surface area contributed by atoms with Gasteiger partial charge in [0.05, 0.1) is 11.6 Å². The topological polar surface area (TPSA) is 35.8 Å². The number of halogens is 1. The summed E-state index contributed by atoms with van der Waals surface area (Å²) in [6, 6.07) is 16.2. The molecule has 0 aliphatic heterocycles. The van der Waals surface area contributed by atoms with Crippen molar-refractivity contribution in [3.8, 4) is 6.07 Å². The van der Waals surface area contributed by atoms with Crippen molar-refractivity contribution in [2.24, 2.45) is 0 Å². The van der Waals surface area contributed by atoms with E-state index in [1.54, 1.807) is 12.1 Å². The summed E-state index contributed by atoms with van der Waals surface area (Å²) in [6.07, 6.45) is 0.872. The third-order valence-corrected chi connectivity index (χ3v) is 2.92. The van der Waals surface area contributed by atoms with Crippen LogP contribution in [0.3, 0.4) is 0 Å². The SMILES string of the molecule is N#Cc1ccc(CNCCc2ccc(F)cc2)cc1. The van der Waals surface area contributed by atoms with E-state index >= 15 is 0 Å². The van der Waals surface area contributed by atoms with Gasteiger partial charge in [-0.3, -0.25) is 0 Å². The van der Waals surface area contributed by atoms with Gasteiger partial charge >= 0.3 is 0 Å². The molecule has 0 radical (unpaired) electrons.